The largest absolute Gasteiger partial charge is 0.316 e. The Morgan fingerprint density at radius 2 is 2.33 bits per heavy atom. The summed E-state index contributed by atoms with van der Waals surface area (Å²) in [6.45, 7) is 2.49. The lowest BCUT2D eigenvalue weighted by molar-refractivity contribution is 0.234. The first kappa shape index (κ1) is 7.03. The van der Waals surface area contributed by atoms with Gasteiger partial charge < -0.3 is 10.2 Å². The lowest BCUT2D eigenvalue weighted by atomic mass is 10.1. The van der Waals surface area contributed by atoms with Crippen molar-refractivity contribution in [1.82, 2.24) is 10.2 Å². The molecule has 1 aliphatic heterocycles. The van der Waals surface area contributed by atoms with Crippen molar-refractivity contribution in [3.05, 3.63) is 0 Å². The number of likely N-dealkylation sites (tertiary alicyclic amines) is 1. The SMILES string of the molecule is CNC1CCCN(C)C1. The topological polar surface area (TPSA) is 15.3 Å². The summed E-state index contributed by atoms with van der Waals surface area (Å²) in [7, 11) is 4.23. The summed E-state index contributed by atoms with van der Waals surface area (Å²) in [5.74, 6) is 0. The highest BCUT2D eigenvalue weighted by Crippen LogP contribution is 2.06. The maximum Gasteiger partial charge on any atom is 0.0192 e. The second-order valence-electron chi connectivity index (χ2n) is 2.89. The number of nitrogens with zero attached hydrogens (tertiary/aromatic N) is 1. The van der Waals surface area contributed by atoms with E-state index in [0.717, 1.165) is 6.04 Å². The van der Waals surface area contributed by atoms with Gasteiger partial charge in [-0.25, -0.2) is 0 Å². The van der Waals surface area contributed by atoms with E-state index < -0.39 is 0 Å². The summed E-state index contributed by atoms with van der Waals surface area (Å²) in [6.07, 6.45) is 2.70. The Morgan fingerprint density at radius 1 is 1.56 bits per heavy atom. The Morgan fingerprint density at radius 3 is 2.78 bits per heavy atom. The second-order valence-corrected chi connectivity index (χ2v) is 2.89. The lowest BCUT2D eigenvalue weighted by Crippen LogP contribution is -2.42. The maximum atomic E-state index is 3.29. The van der Waals surface area contributed by atoms with E-state index in [1.807, 2.05) is 7.05 Å². The molecule has 0 spiro atoms. The van der Waals surface area contributed by atoms with Crippen LogP contribution in [0.15, 0.2) is 0 Å². The summed E-state index contributed by atoms with van der Waals surface area (Å²) in [6, 6.07) is 0.740. The molecule has 1 aliphatic rings. The van der Waals surface area contributed by atoms with Crippen molar-refractivity contribution in [3.63, 3.8) is 0 Å². The molecule has 0 aromatic rings. The van der Waals surface area contributed by atoms with Crippen LogP contribution in [0.1, 0.15) is 12.8 Å². The van der Waals surface area contributed by atoms with Crippen molar-refractivity contribution in [2.24, 2.45) is 0 Å². The smallest absolute Gasteiger partial charge is 0.0192 e. The summed E-state index contributed by atoms with van der Waals surface area (Å²) in [5, 5.41) is 3.29. The van der Waals surface area contributed by atoms with Crippen LogP contribution < -0.4 is 5.32 Å². The Bertz CT molecular complexity index is 83.0. The molecule has 1 saturated heterocycles. The molecule has 1 rings (SSSR count). The fraction of sp³-hybridized carbons (Fsp3) is 1.00. The summed E-state index contributed by atoms with van der Waals surface area (Å²) < 4.78 is 0. The van der Waals surface area contributed by atoms with Gasteiger partial charge in [0.2, 0.25) is 0 Å². The molecule has 1 fully saturated rings. The number of likely N-dealkylation sites (N-methyl/N-ethyl adjacent to an activating group) is 2. The first-order valence-electron chi connectivity index (χ1n) is 3.68. The van der Waals surface area contributed by atoms with Crippen molar-refractivity contribution < 1.29 is 0 Å². The fourth-order valence-corrected chi connectivity index (χ4v) is 1.40. The minimum atomic E-state index is 0.740. The van der Waals surface area contributed by atoms with E-state index in [4.69, 9.17) is 0 Å². The zero-order valence-corrected chi connectivity index (χ0v) is 6.35. The third-order valence-electron chi connectivity index (χ3n) is 2.03. The molecular weight excluding hydrogens is 112 g/mol. The Labute approximate surface area is 57.2 Å². The van der Waals surface area contributed by atoms with Crippen molar-refractivity contribution in [3.8, 4) is 0 Å². The average Bonchev–Trinajstić information content (AvgIpc) is 1.88. The van der Waals surface area contributed by atoms with E-state index in [0.29, 0.717) is 0 Å². The quantitative estimate of drug-likeness (QED) is 0.546. The molecule has 54 valence electrons. The molecule has 2 nitrogen and oxygen atoms in total. The molecule has 0 amide bonds. The van der Waals surface area contributed by atoms with Gasteiger partial charge >= 0.3 is 0 Å². The summed E-state index contributed by atoms with van der Waals surface area (Å²) in [5.41, 5.74) is 0. The van der Waals surface area contributed by atoms with Crippen LogP contribution in [-0.4, -0.2) is 38.1 Å². The van der Waals surface area contributed by atoms with Gasteiger partial charge in [0.05, 0.1) is 0 Å². The second kappa shape index (κ2) is 3.18. The van der Waals surface area contributed by atoms with Gasteiger partial charge in [-0.3, -0.25) is 0 Å². The van der Waals surface area contributed by atoms with Gasteiger partial charge in [0.15, 0.2) is 0 Å². The third-order valence-corrected chi connectivity index (χ3v) is 2.03. The Hall–Kier alpha value is -0.0800. The van der Waals surface area contributed by atoms with Gasteiger partial charge in [0.1, 0.15) is 0 Å². The zero-order valence-electron chi connectivity index (χ0n) is 6.35. The number of rotatable bonds is 1. The van der Waals surface area contributed by atoms with E-state index >= 15 is 0 Å². The van der Waals surface area contributed by atoms with E-state index in [-0.39, 0.29) is 0 Å². The number of hydrogen-bond acceptors (Lipinski definition) is 2. The molecule has 1 N–H and O–H groups in total. The van der Waals surface area contributed by atoms with Crippen LogP contribution in [0, 0.1) is 0 Å². The monoisotopic (exact) mass is 128 g/mol. The highest BCUT2D eigenvalue weighted by Gasteiger charge is 2.13. The lowest BCUT2D eigenvalue weighted by Gasteiger charge is -2.29. The van der Waals surface area contributed by atoms with Gasteiger partial charge in [-0.05, 0) is 33.5 Å². The van der Waals surface area contributed by atoms with Crippen LogP contribution in [0.2, 0.25) is 0 Å². The van der Waals surface area contributed by atoms with E-state index in [1.54, 1.807) is 0 Å². The predicted octanol–water partition coefficient (Wildman–Crippen LogP) is 0.300. The molecule has 0 saturated carbocycles. The van der Waals surface area contributed by atoms with Crippen LogP contribution in [0.5, 0.6) is 0 Å². The van der Waals surface area contributed by atoms with E-state index in [1.165, 1.54) is 25.9 Å². The molecule has 0 aromatic heterocycles. The molecule has 1 unspecified atom stereocenters. The van der Waals surface area contributed by atoms with Crippen molar-refractivity contribution in [2.75, 3.05) is 27.2 Å². The van der Waals surface area contributed by atoms with Crippen molar-refractivity contribution in [1.29, 1.82) is 0 Å². The molecule has 1 heterocycles. The van der Waals surface area contributed by atoms with Crippen molar-refractivity contribution >= 4 is 0 Å². The minimum Gasteiger partial charge on any atom is -0.316 e. The van der Waals surface area contributed by atoms with E-state index in [9.17, 15) is 0 Å². The fourth-order valence-electron chi connectivity index (χ4n) is 1.40. The summed E-state index contributed by atoms with van der Waals surface area (Å²) >= 11 is 0. The molecule has 1 atom stereocenters. The predicted molar refractivity (Wildman–Crippen MR) is 39.6 cm³/mol. The third kappa shape index (κ3) is 1.95. The average molecular weight is 128 g/mol. The first-order chi connectivity index (χ1) is 4.33. The number of hydrogen-bond donors (Lipinski definition) is 1. The zero-order chi connectivity index (χ0) is 6.69. The molecular formula is C7H16N2. The van der Waals surface area contributed by atoms with Crippen LogP contribution in [0.4, 0.5) is 0 Å². The number of piperidine rings is 1. The normalized spacial score (nSPS) is 30.7. The first-order valence-corrected chi connectivity index (χ1v) is 3.68. The molecule has 2 heteroatoms. The van der Waals surface area contributed by atoms with Gasteiger partial charge in [-0.15, -0.1) is 0 Å². The van der Waals surface area contributed by atoms with Crippen molar-refractivity contribution in [2.45, 2.75) is 18.9 Å². The Kier molecular flexibility index (Phi) is 2.49. The molecule has 0 aromatic carbocycles. The van der Waals surface area contributed by atoms with Crippen LogP contribution in [0.25, 0.3) is 0 Å². The molecule has 9 heavy (non-hydrogen) atoms. The highest BCUT2D eigenvalue weighted by molar-refractivity contribution is 4.74. The molecule has 0 bridgehead atoms. The van der Waals surface area contributed by atoms with Gasteiger partial charge in [0.25, 0.3) is 0 Å². The van der Waals surface area contributed by atoms with E-state index in [2.05, 4.69) is 17.3 Å². The standard InChI is InChI=1S/C7H16N2/c1-8-7-4-3-5-9(2)6-7/h7-8H,3-6H2,1-2H3. The van der Waals surface area contributed by atoms with Crippen LogP contribution in [-0.2, 0) is 0 Å². The Balaban J connectivity index is 2.23. The van der Waals surface area contributed by atoms with Crippen LogP contribution in [0.3, 0.4) is 0 Å². The maximum absolute atomic E-state index is 3.29. The molecule has 0 radical (unpaired) electrons. The molecule has 0 aliphatic carbocycles. The number of nitrogens with one attached hydrogen (secondary N) is 1. The van der Waals surface area contributed by atoms with Gasteiger partial charge in [-0.2, -0.15) is 0 Å². The van der Waals surface area contributed by atoms with Gasteiger partial charge in [0, 0.05) is 12.6 Å². The minimum absolute atomic E-state index is 0.740. The van der Waals surface area contributed by atoms with Crippen LogP contribution >= 0.6 is 0 Å². The summed E-state index contributed by atoms with van der Waals surface area (Å²) in [4.78, 5) is 2.38. The van der Waals surface area contributed by atoms with Gasteiger partial charge in [-0.1, -0.05) is 0 Å². The highest BCUT2D eigenvalue weighted by atomic mass is 15.1.